The van der Waals surface area contributed by atoms with Crippen LogP contribution in [0.2, 0.25) is 0 Å². The summed E-state index contributed by atoms with van der Waals surface area (Å²) in [6.45, 7) is 2.37. The van der Waals surface area contributed by atoms with Gasteiger partial charge in [-0.15, -0.1) is 6.42 Å². The fourth-order valence-electron chi connectivity index (χ4n) is 1.26. The molecule has 0 aliphatic carbocycles. The standard InChI is InChI=1S/C11H14N2O2S/c1-3-9-12-10-7-5-6-8-11(10)16(14,15)13-4-2/h1,5-8,12-13H,4,9H2,2H3. The van der Waals surface area contributed by atoms with Crippen LogP contribution in [0.4, 0.5) is 5.69 Å². The normalized spacial score (nSPS) is 10.8. The minimum Gasteiger partial charge on any atom is -0.373 e. The lowest BCUT2D eigenvalue weighted by atomic mass is 10.3. The molecule has 0 atom stereocenters. The van der Waals surface area contributed by atoms with E-state index in [9.17, 15) is 8.42 Å². The van der Waals surface area contributed by atoms with Crippen LogP contribution in [0.1, 0.15) is 6.92 Å². The highest BCUT2D eigenvalue weighted by Crippen LogP contribution is 2.19. The van der Waals surface area contributed by atoms with Crippen molar-refractivity contribution >= 4 is 15.7 Å². The van der Waals surface area contributed by atoms with Gasteiger partial charge in [0.2, 0.25) is 10.0 Å². The number of terminal acetylenes is 1. The van der Waals surface area contributed by atoms with Gasteiger partial charge in [0.1, 0.15) is 4.90 Å². The molecule has 1 aromatic rings. The number of hydrogen-bond donors (Lipinski definition) is 2. The number of benzene rings is 1. The Morgan fingerprint density at radius 3 is 2.69 bits per heavy atom. The molecule has 86 valence electrons. The van der Waals surface area contributed by atoms with Gasteiger partial charge in [0.15, 0.2) is 0 Å². The maximum absolute atomic E-state index is 11.8. The van der Waals surface area contributed by atoms with Crippen LogP contribution in [0.5, 0.6) is 0 Å². The lowest BCUT2D eigenvalue weighted by Crippen LogP contribution is -2.24. The first-order valence-corrected chi connectivity index (χ1v) is 6.36. The summed E-state index contributed by atoms with van der Waals surface area (Å²) in [5.41, 5.74) is 0.515. The van der Waals surface area contributed by atoms with E-state index in [1.54, 1.807) is 25.1 Å². The molecule has 0 radical (unpaired) electrons. The molecule has 0 amide bonds. The van der Waals surface area contributed by atoms with Crippen molar-refractivity contribution in [3.8, 4) is 12.3 Å². The maximum atomic E-state index is 11.8. The van der Waals surface area contributed by atoms with Gasteiger partial charge in [-0.3, -0.25) is 0 Å². The van der Waals surface area contributed by atoms with E-state index in [4.69, 9.17) is 6.42 Å². The van der Waals surface area contributed by atoms with Gasteiger partial charge in [0.25, 0.3) is 0 Å². The van der Waals surface area contributed by atoms with E-state index in [2.05, 4.69) is 16.0 Å². The summed E-state index contributed by atoms with van der Waals surface area (Å²) in [4.78, 5) is 0.215. The summed E-state index contributed by atoms with van der Waals surface area (Å²) < 4.78 is 26.1. The van der Waals surface area contributed by atoms with Gasteiger partial charge >= 0.3 is 0 Å². The average molecular weight is 238 g/mol. The predicted molar refractivity (Wildman–Crippen MR) is 64.6 cm³/mol. The highest BCUT2D eigenvalue weighted by molar-refractivity contribution is 7.89. The molecule has 0 fully saturated rings. The van der Waals surface area contributed by atoms with Crippen LogP contribution in [-0.2, 0) is 10.0 Å². The second kappa shape index (κ2) is 5.54. The summed E-state index contributed by atoms with van der Waals surface area (Å²) in [6, 6.07) is 6.65. The molecule has 0 saturated carbocycles. The topological polar surface area (TPSA) is 58.2 Å². The zero-order valence-corrected chi connectivity index (χ0v) is 9.84. The SMILES string of the molecule is C#CCNc1ccccc1S(=O)(=O)NCC. The van der Waals surface area contributed by atoms with Gasteiger partial charge < -0.3 is 5.32 Å². The summed E-state index contributed by atoms with van der Waals surface area (Å²) in [5, 5.41) is 2.87. The van der Waals surface area contributed by atoms with Crippen molar-refractivity contribution < 1.29 is 8.42 Å². The molecule has 1 rings (SSSR count). The van der Waals surface area contributed by atoms with Gasteiger partial charge in [0, 0.05) is 6.54 Å². The Morgan fingerprint density at radius 2 is 2.06 bits per heavy atom. The van der Waals surface area contributed by atoms with Crippen molar-refractivity contribution in [2.24, 2.45) is 0 Å². The Bertz CT molecular complexity index is 489. The molecule has 1 aromatic carbocycles. The van der Waals surface area contributed by atoms with E-state index in [0.717, 1.165) is 0 Å². The molecule has 0 aromatic heterocycles. The fourth-order valence-corrected chi connectivity index (χ4v) is 2.48. The molecule has 0 spiro atoms. The van der Waals surface area contributed by atoms with Gasteiger partial charge in [-0.1, -0.05) is 25.0 Å². The van der Waals surface area contributed by atoms with Crippen LogP contribution in [0.3, 0.4) is 0 Å². The zero-order chi connectivity index (χ0) is 12.0. The van der Waals surface area contributed by atoms with Crippen molar-refractivity contribution in [3.05, 3.63) is 24.3 Å². The lowest BCUT2D eigenvalue weighted by molar-refractivity contribution is 0.584. The van der Waals surface area contributed by atoms with Crippen LogP contribution in [0.15, 0.2) is 29.2 Å². The van der Waals surface area contributed by atoms with Crippen LogP contribution in [0.25, 0.3) is 0 Å². The van der Waals surface area contributed by atoms with Crippen molar-refractivity contribution in [2.45, 2.75) is 11.8 Å². The first-order chi connectivity index (χ1) is 7.61. The van der Waals surface area contributed by atoms with Crippen molar-refractivity contribution in [1.29, 1.82) is 0 Å². The summed E-state index contributed by atoms with van der Waals surface area (Å²) in [7, 11) is -3.45. The molecule has 0 heterocycles. The second-order valence-corrected chi connectivity index (χ2v) is 4.79. The third-order valence-corrected chi connectivity index (χ3v) is 3.50. The van der Waals surface area contributed by atoms with Crippen LogP contribution in [-0.4, -0.2) is 21.5 Å². The highest BCUT2D eigenvalue weighted by atomic mass is 32.2. The molecule has 16 heavy (non-hydrogen) atoms. The van der Waals surface area contributed by atoms with Gasteiger partial charge in [-0.2, -0.15) is 0 Å². The Hall–Kier alpha value is -1.51. The van der Waals surface area contributed by atoms with Gasteiger partial charge in [0.05, 0.1) is 12.2 Å². The van der Waals surface area contributed by atoms with Crippen LogP contribution >= 0.6 is 0 Å². The first-order valence-electron chi connectivity index (χ1n) is 4.88. The zero-order valence-electron chi connectivity index (χ0n) is 9.03. The number of para-hydroxylation sites is 1. The Labute approximate surface area is 96.1 Å². The van der Waals surface area contributed by atoms with E-state index < -0.39 is 10.0 Å². The smallest absolute Gasteiger partial charge is 0.242 e. The Balaban J connectivity index is 3.09. The number of anilines is 1. The summed E-state index contributed by atoms with van der Waals surface area (Å²) in [5.74, 6) is 2.40. The number of hydrogen-bond acceptors (Lipinski definition) is 3. The van der Waals surface area contributed by atoms with Gasteiger partial charge in [-0.25, -0.2) is 13.1 Å². The number of nitrogens with one attached hydrogen (secondary N) is 2. The maximum Gasteiger partial charge on any atom is 0.242 e. The first kappa shape index (κ1) is 12.6. The van der Waals surface area contributed by atoms with E-state index in [0.29, 0.717) is 18.8 Å². The minimum absolute atomic E-state index is 0.215. The van der Waals surface area contributed by atoms with Crippen LogP contribution < -0.4 is 10.0 Å². The molecular weight excluding hydrogens is 224 g/mol. The second-order valence-electron chi connectivity index (χ2n) is 3.06. The quantitative estimate of drug-likeness (QED) is 0.753. The Morgan fingerprint density at radius 1 is 1.38 bits per heavy atom. The van der Waals surface area contributed by atoms with Crippen molar-refractivity contribution in [1.82, 2.24) is 4.72 Å². The monoisotopic (exact) mass is 238 g/mol. The molecule has 5 heteroatoms. The van der Waals surface area contributed by atoms with E-state index in [1.165, 1.54) is 6.07 Å². The largest absolute Gasteiger partial charge is 0.373 e. The predicted octanol–water partition coefficient (Wildman–Crippen LogP) is 1.03. The average Bonchev–Trinajstić information content (AvgIpc) is 2.26. The van der Waals surface area contributed by atoms with Crippen LogP contribution in [0, 0.1) is 12.3 Å². The molecule has 0 aliphatic heterocycles. The molecule has 0 aliphatic rings. The molecular formula is C11H14N2O2S. The van der Waals surface area contributed by atoms with E-state index in [-0.39, 0.29) is 4.90 Å². The molecule has 0 saturated heterocycles. The number of sulfonamides is 1. The third kappa shape index (κ3) is 2.99. The van der Waals surface area contributed by atoms with E-state index in [1.807, 2.05) is 0 Å². The lowest BCUT2D eigenvalue weighted by Gasteiger charge is -2.10. The molecule has 4 nitrogen and oxygen atoms in total. The van der Waals surface area contributed by atoms with E-state index >= 15 is 0 Å². The van der Waals surface area contributed by atoms with Crippen molar-refractivity contribution in [2.75, 3.05) is 18.4 Å². The summed E-state index contributed by atoms with van der Waals surface area (Å²) >= 11 is 0. The number of rotatable bonds is 5. The van der Waals surface area contributed by atoms with Crippen molar-refractivity contribution in [3.63, 3.8) is 0 Å². The third-order valence-electron chi connectivity index (χ3n) is 1.89. The molecule has 2 N–H and O–H groups in total. The molecule has 0 unspecified atom stereocenters. The highest BCUT2D eigenvalue weighted by Gasteiger charge is 2.16. The Kier molecular flexibility index (Phi) is 4.35. The molecule has 0 bridgehead atoms. The minimum atomic E-state index is -3.45. The van der Waals surface area contributed by atoms with Gasteiger partial charge in [-0.05, 0) is 12.1 Å². The fraction of sp³-hybridized carbons (Fsp3) is 0.273. The summed E-state index contributed by atoms with van der Waals surface area (Å²) in [6.07, 6.45) is 5.12.